The van der Waals surface area contributed by atoms with E-state index in [-0.39, 0.29) is 0 Å². The molecule has 0 fully saturated rings. The Morgan fingerprint density at radius 3 is 2.56 bits per heavy atom. The number of halogens is 3. The van der Waals surface area contributed by atoms with Crippen LogP contribution in [0.25, 0.3) is 0 Å². The lowest BCUT2D eigenvalue weighted by Gasteiger charge is -2.15. The summed E-state index contributed by atoms with van der Waals surface area (Å²) in [6.45, 7) is 3.98. The summed E-state index contributed by atoms with van der Waals surface area (Å²) in [6.07, 6.45) is -4.89. The topological polar surface area (TPSA) is 12.0 Å². The van der Waals surface area contributed by atoms with Crippen LogP contribution in [0.2, 0.25) is 0 Å². The molecule has 0 aliphatic heterocycles. The van der Waals surface area contributed by atoms with Gasteiger partial charge >= 0.3 is 6.18 Å². The minimum absolute atomic E-state index is 0.471. The number of alkyl halides is 3. The Hall–Kier alpha value is -1.03. The molecule has 1 aromatic rings. The fourth-order valence-corrected chi connectivity index (χ4v) is 1.53. The fourth-order valence-electron chi connectivity index (χ4n) is 1.53. The maximum absolute atomic E-state index is 12.1. The number of rotatable bonds is 4. The maximum Gasteiger partial charge on any atom is 0.390 e. The van der Waals surface area contributed by atoms with Gasteiger partial charge in [-0.2, -0.15) is 13.2 Å². The lowest BCUT2D eigenvalue weighted by molar-refractivity contribution is -0.139. The van der Waals surface area contributed by atoms with E-state index in [1.54, 1.807) is 6.92 Å². The lowest BCUT2D eigenvalue weighted by Crippen LogP contribution is -2.30. The highest BCUT2D eigenvalue weighted by molar-refractivity contribution is 5.21. The van der Waals surface area contributed by atoms with Crippen LogP contribution >= 0.6 is 0 Å². The molecule has 0 heterocycles. The molecule has 0 saturated heterocycles. The minimum atomic E-state index is -4.10. The summed E-state index contributed by atoms with van der Waals surface area (Å²) in [5.41, 5.74) is 2.12. The van der Waals surface area contributed by atoms with Gasteiger partial charge in [0, 0.05) is 12.6 Å². The predicted molar refractivity (Wildman–Crippen MR) is 58.2 cm³/mol. The van der Waals surface area contributed by atoms with E-state index < -0.39 is 18.6 Å². The molecule has 1 nitrogen and oxygen atoms in total. The molecule has 4 heteroatoms. The van der Waals surface area contributed by atoms with Crippen molar-refractivity contribution in [1.82, 2.24) is 5.32 Å². The van der Waals surface area contributed by atoms with Crippen LogP contribution in [-0.2, 0) is 6.54 Å². The molecule has 1 rings (SSSR count). The maximum atomic E-state index is 12.1. The van der Waals surface area contributed by atoms with Crippen molar-refractivity contribution in [3.63, 3.8) is 0 Å². The minimum Gasteiger partial charge on any atom is -0.310 e. The third-order valence-electron chi connectivity index (χ3n) is 2.27. The van der Waals surface area contributed by atoms with Gasteiger partial charge in [0.05, 0.1) is 6.42 Å². The summed E-state index contributed by atoms with van der Waals surface area (Å²) in [4.78, 5) is 0. The van der Waals surface area contributed by atoms with Crippen molar-refractivity contribution in [2.24, 2.45) is 0 Å². The van der Waals surface area contributed by atoms with Crippen LogP contribution in [0.4, 0.5) is 13.2 Å². The second-order valence-corrected chi connectivity index (χ2v) is 4.09. The van der Waals surface area contributed by atoms with Gasteiger partial charge < -0.3 is 5.32 Å². The molecular weight excluding hydrogens is 215 g/mol. The Morgan fingerprint density at radius 2 is 2.00 bits per heavy atom. The van der Waals surface area contributed by atoms with Gasteiger partial charge in [0.15, 0.2) is 0 Å². The largest absolute Gasteiger partial charge is 0.390 e. The Labute approximate surface area is 93.7 Å². The van der Waals surface area contributed by atoms with Crippen LogP contribution in [0.1, 0.15) is 24.5 Å². The number of aryl methyl sites for hydroxylation is 1. The number of hydrogen-bond acceptors (Lipinski definition) is 1. The Kier molecular flexibility index (Phi) is 4.35. The van der Waals surface area contributed by atoms with Crippen LogP contribution in [0, 0.1) is 6.92 Å². The molecule has 0 radical (unpaired) electrons. The van der Waals surface area contributed by atoms with Gasteiger partial charge in [-0.05, 0) is 19.4 Å². The zero-order chi connectivity index (χ0) is 12.2. The lowest BCUT2D eigenvalue weighted by atomic mass is 10.1. The molecular formula is C12H16F3N. The van der Waals surface area contributed by atoms with Crippen LogP contribution in [0.15, 0.2) is 24.3 Å². The first-order valence-corrected chi connectivity index (χ1v) is 5.22. The smallest absolute Gasteiger partial charge is 0.310 e. The predicted octanol–water partition coefficient (Wildman–Crippen LogP) is 3.43. The molecule has 0 spiro atoms. The highest BCUT2D eigenvalue weighted by Gasteiger charge is 2.29. The molecule has 0 aromatic heterocycles. The molecule has 0 saturated carbocycles. The molecule has 0 aliphatic rings. The van der Waals surface area contributed by atoms with E-state index in [1.807, 2.05) is 31.2 Å². The normalized spacial score (nSPS) is 13.8. The van der Waals surface area contributed by atoms with E-state index in [0.29, 0.717) is 6.54 Å². The fraction of sp³-hybridized carbons (Fsp3) is 0.500. The Bertz CT molecular complexity index is 333. The third kappa shape index (κ3) is 5.16. The molecule has 0 amide bonds. The molecule has 1 atom stereocenters. The number of benzene rings is 1. The van der Waals surface area contributed by atoms with E-state index in [1.165, 1.54) is 0 Å². The van der Waals surface area contributed by atoms with Crippen molar-refractivity contribution in [3.8, 4) is 0 Å². The van der Waals surface area contributed by atoms with E-state index in [0.717, 1.165) is 11.1 Å². The summed E-state index contributed by atoms with van der Waals surface area (Å²) >= 11 is 0. The van der Waals surface area contributed by atoms with E-state index >= 15 is 0 Å². The average Bonchev–Trinajstić information content (AvgIpc) is 2.12. The number of hydrogen-bond donors (Lipinski definition) is 1. The average molecular weight is 231 g/mol. The zero-order valence-electron chi connectivity index (χ0n) is 9.43. The highest BCUT2D eigenvalue weighted by atomic mass is 19.4. The van der Waals surface area contributed by atoms with Crippen molar-refractivity contribution in [1.29, 1.82) is 0 Å². The van der Waals surface area contributed by atoms with Gasteiger partial charge in [0.25, 0.3) is 0 Å². The summed E-state index contributed by atoms with van der Waals surface area (Å²) in [5.74, 6) is 0. The highest BCUT2D eigenvalue weighted by Crippen LogP contribution is 2.21. The first-order valence-electron chi connectivity index (χ1n) is 5.22. The van der Waals surface area contributed by atoms with E-state index in [4.69, 9.17) is 0 Å². The van der Waals surface area contributed by atoms with Crippen LogP contribution in [-0.4, -0.2) is 12.2 Å². The first kappa shape index (κ1) is 13.0. The SMILES string of the molecule is Cc1cccc(CNC(C)CC(F)(F)F)c1. The summed E-state index contributed by atoms with van der Waals surface area (Å²) in [6, 6.07) is 7.18. The quantitative estimate of drug-likeness (QED) is 0.837. The monoisotopic (exact) mass is 231 g/mol. The second-order valence-electron chi connectivity index (χ2n) is 4.09. The van der Waals surface area contributed by atoms with Gasteiger partial charge in [-0.1, -0.05) is 29.8 Å². The van der Waals surface area contributed by atoms with Gasteiger partial charge in [-0.15, -0.1) is 0 Å². The first-order chi connectivity index (χ1) is 7.37. The second kappa shape index (κ2) is 5.34. The van der Waals surface area contributed by atoms with Crippen molar-refractivity contribution < 1.29 is 13.2 Å². The molecule has 1 unspecified atom stereocenters. The summed E-state index contributed by atoms with van der Waals surface area (Å²) in [7, 11) is 0. The summed E-state index contributed by atoms with van der Waals surface area (Å²) < 4.78 is 36.2. The van der Waals surface area contributed by atoms with Gasteiger partial charge in [0.2, 0.25) is 0 Å². The van der Waals surface area contributed by atoms with Crippen LogP contribution in [0.5, 0.6) is 0 Å². The molecule has 16 heavy (non-hydrogen) atoms. The third-order valence-corrected chi connectivity index (χ3v) is 2.27. The van der Waals surface area contributed by atoms with Gasteiger partial charge in [-0.25, -0.2) is 0 Å². The van der Waals surface area contributed by atoms with Crippen molar-refractivity contribution in [2.45, 2.75) is 39.0 Å². The molecule has 1 N–H and O–H groups in total. The van der Waals surface area contributed by atoms with Gasteiger partial charge in [0.1, 0.15) is 0 Å². The van der Waals surface area contributed by atoms with E-state index in [2.05, 4.69) is 5.32 Å². The van der Waals surface area contributed by atoms with Crippen molar-refractivity contribution in [2.75, 3.05) is 0 Å². The molecule has 1 aromatic carbocycles. The zero-order valence-corrected chi connectivity index (χ0v) is 9.43. The summed E-state index contributed by atoms with van der Waals surface area (Å²) in [5, 5.41) is 2.86. The van der Waals surface area contributed by atoms with Gasteiger partial charge in [-0.3, -0.25) is 0 Å². The Balaban J connectivity index is 2.40. The van der Waals surface area contributed by atoms with Crippen LogP contribution < -0.4 is 5.32 Å². The molecule has 90 valence electrons. The van der Waals surface area contributed by atoms with Crippen molar-refractivity contribution in [3.05, 3.63) is 35.4 Å². The Morgan fingerprint density at radius 1 is 1.31 bits per heavy atom. The van der Waals surface area contributed by atoms with Crippen molar-refractivity contribution >= 4 is 0 Å². The molecule has 0 bridgehead atoms. The van der Waals surface area contributed by atoms with Crippen LogP contribution in [0.3, 0.4) is 0 Å². The standard InChI is InChI=1S/C12H16F3N/c1-9-4-3-5-11(6-9)8-16-10(2)7-12(13,14)15/h3-6,10,16H,7-8H2,1-2H3. The number of nitrogens with one attached hydrogen (secondary N) is 1. The molecule has 0 aliphatic carbocycles. The van der Waals surface area contributed by atoms with E-state index in [9.17, 15) is 13.2 Å².